The van der Waals surface area contributed by atoms with Gasteiger partial charge < -0.3 is 14.7 Å². The number of hydrogen-bond acceptors (Lipinski definition) is 7. The number of anilines is 2. The van der Waals surface area contributed by atoms with E-state index in [1.165, 1.54) is 0 Å². The van der Waals surface area contributed by atoms with E-state index in [-0.39, 0.29) is 4.90 Å². The molecule has 28 heavy (non-hydrogen) atoms. The summed E-state index contributed by atoms with van der Waals surface area (Å²) in [6.07, 6.45) is 5.43. The Morgan fingerprint density at radius 2 is 1.86 bits per heavy atom. The lowest BCUT2D eigenvalue weighted by molar-refractivity contribution is 0.313. The second-order valence-corrected chi connectivity index (χ2v) is 9.97. The normalized spacial score (nSPS) is 21.3. The molecule has 0 bridgehead atoms. The molecule has 1 atom stereocenters. The molecule has 4 rings (SSSR count). The number of likely N-dealkylation sites (N-methyl/N-ethyl adjacent to an activating group) is 1. The van der Waals surface area contributed by atoms with E-state index in [9.17, 15) is 8.42 Å². The van der Waals surface area contributed by atoms with E-state index in [4.69, 9.17) is 11.6 Å². The van der Waals surface area contributed by atoms with Crippen LogP contribution in [0.25, 0.3) is 0 Å². The van der Waals surface area contributed by atoms with Gasteiger partial charge >= 0.3 is 0 Å². The van der Waals surface area contributed by atoms with E-state index in [2.05, 4.69) is 26.8 Å². The van der Waals surface area contributed by atoms with Crippen molar-refractivity contribution in [3.05, 3.63) is 41.8 Å². The van der Waals surface area contributed by atoms with E-state index in [0.29, 0.717) is 30.4 Å². The molecule has 0 spiro atoms. The van der Waals surface area contributed by atoms with Gasteiger partial charge in [0, 0.05) is 57.3 Å². The Kier molecular flexibility index (Phi) is 5.44. The highest BCUT2D eigenvalue weighted by Gasteiger charge is 2.36. The van der Waals surface area contributed by atoms with Crippen molar-refractivity contribution in [3.8, 4) is 0 Å². The molecule has 0 radical (unpaired) electrons. The predicted octanol–water partition coefficient (Wildman–Crippen LogP) is 1.93. The molecule has 7 nitrogen and oxygen atoms in total. The topological polar surface area (TPSA) is 69.6 Å². The van der Waals surface area contributed by atoms with Crippen molar-refractivity contribution in [2.24, 2.45) is 0 Å². The lowest BCUT2D eigenvalue weighted by Crippen LogP contribution is -2.44. The fourth-order valence-electron chi connectivity index (χ4n) is 3.81. The minimum atomic E-state index is -3.52. The van der Waals surface area contributed by atoms with Crippen LogP contribution < -0.4 is 9.80 Å². The van der Waals surface area contributed by atoms with Crippen LogP contribution in [0, 0.1) is 0 Å². The highest BCUT2D eigenvalue weighted by Crippen LogP contribution is 2.33. The van der Waals surface area contributed by atoms with Gasteiger partial charge in [-0.2, -0.15) is 0 Å². The summed E-state index contributed by atoms with van der Waals surface area (Å²) in [4.78, 5) is 15.0. The van der Waals surface area contributed by atoms with E-state index < -0.39 is 15.1 Å². The highest BCUT2D eigenvalue weighted by atomic mass is 35.5. The molecule has 0 aliphatic carbocycles. The Balaban J connectivity index is 1.51. The van der Waals surface area contributed by atoms with Crippen LogP contribution in [0.1, 0.15) is 6.42 Å². The minimum absolute atomic E-state index is 0.220. The molecule has 0 amide bonds. The van der Waals surface area contributed by atoms with Gasteiger partial charge in [-0.05, 0) is 31.7 Å². The predicted molar refractivity (Wildman–Crippen MR) is 111 cm³/mol. The van der Waals surface area contributed by atoms with Crippen LogP contribution in [0.2, 0.25) is 5.02 Å². The molecule has 9 heteroatoms. The Bertz CT molecular complexity index is 933. The highest BCUT2D eigenvalue weighted by molar-refractivity contribution is 7.92. The first-order chi connectivity index (χ1) is 13.4. The lowest BCUT2D eigenvalue weighted by atomic mass is 10.2. The molecule has 2 aliphatic rings. The molecule has 0 saturated carbocycles. The molecule has 2 aromatic rings. The zero-order valence-electron chi connectivity index (χ0n) is 15.8. The maximum absolute atomic E-state index is 13.2. The maximum atomic E-state index is 13.2. The zero-order chi connectivity index (χ0) is 19.7. The summed E-state index contributed by atoms with van der Waals surface area (Å²) in [5.41, 5.74) is 0.977. The van der Waals surface area contributed by atoms with Crippen LogP contribution >= 0.6 is 11.6 Å². The van der Waals surface area contributed by atoms with Crippen molar-refractivity contribution < 1.29 is 8.42 Å². The van der Waals surface area contributed by atoms with Gasteiger partial charge in [0.25, 0.3) is 0 Å². The molecular weight excluding hydrogens is 398 g/mol. The van der Waals surface area contributed by atoms with E-state index in [1.54, 1.807) is 30.7 Å². The SMILES string of the molecule is CN1CCN(c2ccc(S(=O)(=O)[C@H]3CCN(c4cnccn4)C3)c(Cl)c2)CC1. The standard InChI is InChI=1S/C19H24ClN5O2S/c1-23-8-10-24(11-9-23)15-2-3-18(17(20)12-15)28(26,27)16-4-7-25(14-16)19-13-21-5-6-22-19/h2-3,5-6,12-13,16H,4,7-11,14H2,1H3/t16-/m0/s1. The van der Waals surface area contributed by atoms with E-state index in [1.807, 2.05) is 11.0 Å². The number of hydrogen-bond donors (Lipinski definition) is 0. The molecular formula is C19H24ClN5O2S. The van der Waals surface area contributed by atoms with E-state index in [0.717, 1.165) is 31.9 Å². The molecule has 1 aromatic heterocycles. The summed E-state index contributed by atoms with van der Waals surface area (Å²) < 4.78 is 26.4. The first kappa shape index (κ1) is 19.4. The van der Waals surface area contributed by atoms with Gasteiger partial charge in [-0.1, -0.05) is 11.6 Å². The monoisotopic (exact) mass is 421 g/mol. The molecule has 0 unspecified atom stereocenters. The number of benzene rings is 1. The molecule has 2 saturated heterocycles. The smallest absolute Gasteiger partial charge is 0.184 e. The van der Waals surface area contributed by atoms with Crippen molar-refractivity contribution in [2.75, 3.05) is 56.1 Å². The van der Waals surface area contributed by atoms with Crippen LogP contribution in [-0.4, -0.2) is 74.9 Å². The maximum Gasteiger partial charge on any atom is 0.184 e. The Morgan fingerprint density at radius 3 is 2.54 bits per heavy atom. The summed E-state index contributed by atoms with van der Waals surface area (Å²) in [7, 11) is -1.41. The molecule has 2 fully saturated rings. The number of halogens is 1. The third-order valence-electron chi connectivity index (χ3n) is 5.55. The second kappa shape index (κ2) is 7.85. The summed E-state index contributed by atoms with van der Waals surface area (Å²) in [5, 5.41) is -0.198. The average Bonchev–Trinajstić information content (AvgIpc) is 3.20. The van der Waals surface area contributed by atoms with Gasteiger partial charge in [-0.15, -0.1) is 0 Å². The summed E-state index contributed by atoms with van der Waals surface area (Å²) in [5.74, 6) is 0.705. The molecule has 2 aliphatic heterocycles. The Morgan fingerprint density at radius 1 is 1.07 bits per heavy atom. The molecule has 3 heterocycles. The number of rotatable bonds is 4. The fourth-order valence-corrected chi connectivity index (χ4v) is 6.04. The van der Waals surface area contributed by atoms with Crippen molar-refractivity contribution >= 4 is 32.9 Å². The quantitative estimate of drug-likeness (QED) is 0.747. The lowest BCUT2D eigenvalue weighted by Gasteiger charge is -2.34. The van der Waals surface area contributed by atoms with Gasteiger partial charge in [-0.3, -0.25) is 4.98 Å². The second-order valence-electron chi connectivity index (χ2n) is 7.37. The van der Waals surface area contributed by atoms with Gasteiger partial charge in [0.1, 0.15) is 5.82 Å². The van der Waals surface area contributed by atoms with Crippen LogP contribution in [0.3, 0.4) is 0 Å². The largest absolute Gasteiger partial charge is 0.369 e. The molecule has 0 N–H and O–H groups in total. The van der Waals surface area contributed by atoms with Crippen molar-refractivity contribution in [1.29, 1.82) is 0 Å². The van der Waals surface area contributed by atoms with Crippen LogP contribution in [0.15, 0.2) is 41.7 Å². The van der Waals surface area contributed by atoms with Crippen LogP contribution in [0.5, 0.6) is 0 Å². The van der Waals surface area contributed by atoms with Gasteiger partial charge in [-0.25, -0.2) is 13.4 Å². The zero-order valence-corrected chi connectivity index (χ0v) is 17.4. The number of aromatic nitrogens is 2. The van der Waals surface area contributed by atoms with Crippen molar-refractivity contribution in [1.82, 2.24) is 14.9 Å². The van der Waals surface area contributed by atoms with E-state index >= 15 is 0 Å². The minimum Gasteiger partial charge on any atom is -0.369 e. The first-order valence-electron chi connectivity index (χ1n) is 9.43. The molecule has 1 aromatic carbocycles. The summed E-state index contributed by atoms with van der Waals surface area (Å²) in [6.45, 7) is 4.83. The van der Waals surface area contributed by atoms with Crippen LogP contribution in [0.4, 0.5) is 11.5 Å². The number of piperazine rings is 1. The average molecular weight is 422 g/mol. The molecule has 150 valence electrons. The Hall–Kier alpha value is -1.90. The van der Waals surface area contributed by atoms with Crippen molar-refractivity contribution in [3.63, 3.8) is 0 Å². The number of sulfone groups is 1. The fraction of sp³-hybridized carbons (Fsp3) is 0.474. The first-order valence-corrected chi connectivity index (χ1v) is 11.4. The summed E-state index contributed by atoms with van der Waals surface area (Å²) in [6, 6.07) is 5.32. The third kappa shape index (κ3) is 3.81. The van der Waals surface area contributed by atoms with Gasteiger partial charge in [0.05, 0.1) is 21.4 Å². The van der Waals surface area contributed by atoms with Crippen LogP contribution in [-0.2, 0) is 9.84 Å². The van der Waals surface area contributed by atoms with Gasteiger partial charge in [0.2, 0.25) is 0 Å². The van der Waals surface area contributed by atoms with Gasteiger partial charge in [0.15, 0.2) is 9.84 Å². The summed E-state index contributed by atoms with van der Waals surface area (Å²) >= 11 is 6.44. The van der Waals surface area contributed by atoms with Crippen molar-refractivity contribution in [2.45, 2.75) is 16.6 Å². The number of nitrogens with zero attached hydrogens (tertiary/aromatic N) is 5. The third-order valence-corrected chi connectivity index (χ3v) is 8.20. The Labute approximate surface area is 170 Å².